The maximum atomic E-state index is 2.61. The summed E-state index contributed by atoms with van der Waals surface area (Å²) in [6.07, 6.45) is 3.57. The first kappa shape index (κ1) is 15.0. The molecule has 17 heavy (non-hydrogen) atoms. The molecule has 0 aliphatic carbocycles. The van der Waals surface area contributed by atoms with Gasteiger partial charge in [0.15, 0.2) is 0 Å². The Hall–Kier alpha value is -0.0500. The lowest BCUT2D eigenvalue weighted by molar-refractivity contribution is 0.505. The monoisotopic (exact) mass is 344 g/mol. The lowest BCUT2D eigenvalue weighted by Gasteiger charge is -2.28. The minimum atomic E-state index is 0.297. The highest BCUT2D eigenvalue weighted by atomic mass is 127. The van der Waals surface area contributed by atoms with Crippen LogP contribution >= 0.6 is 22.6 Å². The highest BCUT2D eigenvalue weighted by Crippen LogP contribution is 2.39. The van der Waals surface area contributed by atoms with E-state index in [-0.39, 0.29) is 0 Å². The van der Waals surface area contributed by atoms with Crippen LogP contribution < -0.4 is 0 Å². The molecule has 0 atom stereocenters. The highest BCUT2D eigenvalue weighted by molar-refractivity contribution is 14.1. The second kappa shape index (κ2) is 5.73. The minimum absolute atomic E-state index is 0.297. The summed E-state index contributed by atoms with van der Waals surface area (Å²) >= 11 is 2.61. The Morgan fingerprint density at radius 1 is 0.824 bits per heavy atom. The Morgan fingerprint density at radius 3 is 1.59 bits per heavy atom. The van der Waals surface area contributed by atoms with Crippen molar-refractivity contribution in [2.45, 2.75) is 62.7 Å². The van der Waals surface area contributed by atoms with Crippen molar-refractivity contribution in [1.29, 1.82) is 0 Å². The number of alkyl halides is 1. The molecule has 1 aromatic rings. The van der Waals surface area contributed by atoms with Crippen molar-refractivity contribution in [3.05, 3.63) is 35.4 Å². The van der Waals surface area contributed by atoms with Crippen molar-refractivity contribution < 1.29 is 0 Å². The summed E-state index contributed by atoms with van der Waals surface area (Å²) in [6.45, 7) is 11.5. The minimum Gasteiger partial charge on any atom is -0.0737 e. The summed E-state index contributed by atoms with van der Waals surface area (Å²) < 4.78 is 0.312. The number of rotatable bonds is 5. The Kier molecular flexibility index (Phi) is 5.06. The van der Waals surface area contributed by atoms with Crippen LogP contribution in [0.25, 0.3) is 0 Å². The van der Waals surface area contributed by atoms with E-state index in [4.69, 9.17) is 0 Å². The molecule has 0 unspecified atom stereocenters. The first-order valence-corrected chi connectivity index (χ1v) is 7.77. The Labute approximate surface area is 120 Å². The third-order valence-electron chi connectivity index (χ3n) is 4.19. The molecule has 1 heteroatoms. The van der Waals surface area contributed by atoms with Gasteiger partial charge in [-0.15, -0.1) is 0 Å². The van der Waals surface area contributed by atoms with E-state index in [0.717, 1.165) is 0 Å². The fourth-order valence-electron chi connectivity index (χ4n) is 2.08. The molecule has 0 fully saturated rings. The van der Waals surface area contributed by atoms with Gasteiger partial charge in [0.05, 0.1) is 0 Å². The van der Waals surface area contributed by atoms with Crippen molar-refractivity contribution in [2.75, 3.05) is 0 Å². The molecule has 0 aliphatic heterocycles. The average molecular weight is 344 g/mol. The second-order valence-electron chi connectivity index (χ2n) is 5.49. The van der Waals surface area contributed by atoms with Crippen molar-refractivity contribution in [1.82, 2.24) is 0 Å². The summed E-state index contributed by atoms with van der Waals surface area (Å²) in [5, 5.41) is 0. The average Bonchev–Trinajstić information content (AvgIpc) is 2.38. The van der Waals surface area contributed by atoms with E-state index in [2.05, 4.69) is 81.5 Å². The molecular formula is C16H25I. The van der Waals surface area contributed by atoms with E-state index in [1.165, 1.54) is 30.4 Å². The van der Waals surface area contributed by atoms with Crippen LogP contribution in [0.15, 0.2) is 24.3 Å². The summed E-state index contributed by atoms with van der Waals surface area (Å²) in [7, 11) is 0. The van der Waals surface area contributed by atoms with Crippen LogP contribution in [0.3, 0.4) is 0 Å². The first-order chi connectivity index (χ1) is 7.89. The summed E-state index contributed by atoms with van der Waals surface area (Å²) in [5.41, 5.74) is 3.22. The normalized spacial score (nSPS) is 12.8. The molecule has 0 heterocycles. The molecule has 0 nitrogen and oxygen atoms in total. The topological polar surface area (TPSA) is 0 Å². The number of benzene rings is 1. The highest BCUT2D eigenvalue weighted by Gasteiger charge is 2.25. The van der Waals surface area contributed by atoms with Gasteiger partial charge in [-0.05, 0) is 35.8 Å². The third-order valence-corrected chi connectivity index (χ3v) is 6.34. The quantitative estimate of drug-likeness (QED) is 0.466. The van der Waals surface area contributed by atoms with Crippen LogP contribution in [-0.4, -0.2) is 0 Å². The van der Waals surface area contributed by atoms with Gasteiger partial charge in [0.1, 0.15) is 0 Å². The SMILES string of the molecule is CCC(C)(C)c1ccc(C(I)(CC)CC)cc1. The van der Waals surface area contributed by atoms with Crippen LogP contribution in [0, 0.1) is 0 Å². The lowest BCUT2D eigenvalue weighted by Crippen LogP contribution is -2.18. The zero-order chi connectivity index (χ0) is 13.1. The van der Waals surface area contributed by atoms with E-state index >= 15 is 0 Å². The van der Waals surface area contributed by atoms with Crippen LogP contribution in [0.2, 0.25) is 0 Å². The zero-order valence-corrected chi connectivity index (χ0v) is 14.0. The molecule has 0 bridgehead atoms. The maximum Gasteiger partial charge on any atom is 0.0465 e. The number of halogens is 1. The Balaban J connectivity index is 3.03. The van der Waals surface area contributed by atoms with E-state index in [1.807, 2.05) is 0 Å². The van der Waals surface area contributed by atoms with Gasteiger partial charge >= 0.3 is 0 Å². The summed E-state index contributed by atoms with van der Waals surface area (Å²) in [5.74, 6) is 0. The van der Waals surface area contributed by atoms with E-state index in [9.17, 15) is 0 Å². The Bertz CT molecular complexity index is 344. The standard InChI is InChI=1S/C16H25I/c1-6-15(4,5)13-9-11-14(12-10-13)16(17,7-2)8-3/h9-12H,6-8H2,1-5H3. The molecule has 0 spiro atoms. The largest absolute Gasteiger partial charge is 0.0737 e. The molecule has 0 aliphatic rings. The predicted octanol–water partition coefficient (Wildman–Crippen LogP) is 5.82. The van der Waals surface area contributed by atoms with Crippen LogP contribution in [0.5, 0.6) is 0 Å². The van der Waals surface area contributed by atoms with E-state index in [0.29, 0.717) is 8.84 Å². The smallest absolute Gasteiger partial charge is 0.0465 e. The van der Waals surface area contributed by atoms with Crippen LogP contribution in [-0.2, 0) is 8.84 Å². The second-order valence-corrected chi connectivity index (χ2v) is 7.55. The van der Waals surface area contributed by atoms with Gasteiger partial charge in [0.25, 0.3) is 0 Å². The molecule has 0 radical (unpaired) electrons. The molecule has 96 valence electrons. The van der Waals surface area contributed by atoms with Gasteiger partial charge in [-0.1, -0.05) is 81.5 Å². The van der Waals surface area contributed by atoms with Gasteiger partial charge in [-0.2, -0.15) is 0 Å². The summed E-state index contributed by atoms with van der Waals surface area (Å²) in [6, 6.07) is 9.29. The molecule has 0 aromatic heterocycles. The van der Waals surface area contributed by atoms with E-state index < -0.39 is 0 Å². The molecule has 1 aromatic carbocycles. The molecule has 0 saturated carbocycles. The summed E-state index contributed by atoms with van der Waals surface area (Å²) in [4.78, 5) is 0. The van der Waals surface area contributed by atoms with Crippen LogP contribution in [0.4, 0.5) is 0 Å². The molecule has 0 N–H and O–H groups in total. The Morgan fingerprint density at radius 2 is 1.24 bits per heavy atom. The van der Waals surface area contributed by atoms with Gasteiger partial charge < -0.3 is 0 Å². The van der Waals surface area contributed by atoms with Crippen molar-refractivity contribution in [3.63, 3.8) is 0 Å². The van der Waals surface area contributed by atoms with Gasteiger partial charge in [-0.25, -0.2) is 0 Å². The lowest BCUT2D eigenvalue weighted by atomic mass is 9.81. The molecule has 0 amide bonds. The first-order valence-electron chi connectivity index (χ1n) is 6.69. The van der Waals surface area contributed by atoms with Crippen molar-refractivity contribution in [2.24, 2.45) is 0 Å². The van der Waals surface area contributed by atoms with Gasteiger partial charge in [0.2, 0.25) is 0 Å². The van der Waals surface area contributed by atoms with Crippen molar-refractivity contribution in [3.8, 4) is 0 Å². The number of hydrogen-bond donors (Lipinski definition) is 0. The molecular weight excluding hydrogens is 319 g/mol. The zero-order valence-electron chi connectivity index (χ0n) is 11.8. The maximum absolute atomic E-state index is 2.61. The third kappa shape index (κ3) is 3.24. The fourth-order valence-corrected chi connectivity index (χ4v) is 2.44. The predicted molar refractivity (Wildman–Crippen MR) is 86.0 cm³/mol. The fraction of sp³-hybridized carbons (Fsp3) is 0.625. The van der Waals surface area contributed by atoms with Gasteiger partial charge in [0, 0.05) is 3.42 Å². The number of hydrogen-bond acceptors (Lipinski definition) is 0. The molecule has 0 saturated heterocycles. The van der Waals surface area contributed by atoms with Crippen LogP contribution in [0.1, 0.15) is 65.0 Å². The van der Waals surface area contributed by atoms with Gasteiger partial charge in [-0.3, -0.25) is 0 Å². The van der Waals surface area contributed by atoms with E-state index in [1.54, 1.807) is 0 Å². The van der Waals surface area contributed by atoms with Crippen molar-refractivity contribution >= 4 is 22.6 Å². The molecule has 1 rings (SSSR count).